The fourth-order valence-electron chi connectivity index (χ4n) is 1.57. The quantitative estimate of drug-likeness (QED) is 0.783. The van der Waals surface area contributed by atoms with Crippen LogP contribution in [0.2, 0.25) is 0 Å². The van der Waals surface area contributed by atoms with E-state index in [0.29, 0.717) is 11.6 Å². The van der Waals surface area contributed by atoms with Gasteiger partial charge >= 0.3 is 0 Å². The van der Waals surface area contributed by atoms with Crippen molar-refractivity contribution in [2.75, 3.05) is 0 Å². The Morgan fingerprint density at radius 1 is 1.25 bits per heavy atom. The molecule has 0 saturated carbocycles. The van der Waals surface area contributed by atoms with Gasteiger partial charge in [-0.3, -0.25) is 0 Å². The van der Waals surface area contributed by atoms with Gasteiger partial charge in [-0.25, -0.2) is 4.99 Å². The number of nitrogens with zero attached hydrogens (tertiary/aromatic N) is 1. The molecule has 0 amide bonds. The Balaban J connectivity index is 2.09. The number of para-hydroxylation sites is 1. The average molecular weight is 209 g/mol. The van der Waals surface area contributed by atoms with Crippen LogP contribution in [-0.2, 0) is 0 Å². The highest BCUT2D eigenvalue weighted by atomic mass is 16.3. The minimum atomic E-state index is 0.668. The number of aliphatic imine (C=N–C) groups is 1. The summed E-state index contributed by atoms with van der Waals surface area (Å²) in [6, 6.07) is 9.84. The van der Waals surface area contributed by atoms with Gasteiger partial charge in [0.05, 0.1) is 6.20 Å². The summed E-state index contributed by atoms with van der Waals surface area (Å²) in [6.45, 7) is 0. The van der Waals surface area contributed by atoms with E-state index in [9.17, 15) is 0 Å². The molecule has 3 heteroatoms. The topological polar surface area (TPSA) is 37.5 Å². The second-order valence-electron chi connectivity index (χ2n) is 3.40. The normalized spacial score (nSPS) is 14.6. The van der Waals surface area contributed by atoms with Crippen molar-refractivity contribution in [2.45, 2.75) is 0 Å². The number of hydrogen-bond acceptors (Lipinski definition) is 3. The molecule has 3 rings (SSSR count). The zero-order valence-electron chi connectivity index (χ0n) is 8.47. The molecule has 1 aliphatic heterocycles. The van der Waals surface area contributed by atoms with E-state index in [1.807, 2.05) is 36.4 Å². The molecule has 0 atom stereocenters. The summed E-state index contributed by atoms with van der Waals surface area (Å²) in [5, 5.41) is 4.02. The van der Waals surface area contributed by atoms with Gasteiger partial charge in [0, 0.05) is 11.6 Å². The molecule has 16 heavy (non-hydrogen) atoms. The molecule has 2 aromatic rings. The van der Waals surface area contributed by atoms with E-state index in [2.05, 4.69) is 16.5 Å². The Morgan fingerprint density at radius 3 is 3.12 bits per heavy atom. The third kappa shape index (κ3) is 1.52. The minimum absolute atomic E-state index is 0.668. The first-order valence-electron chi connectivity index (χ1n) is 5.00. The van der Waals surface area contributed by atoms with Gasteiger partial charge in [-0.1, -0.05) is 18.2 Å². The molecule has 1 N–H and O–H groups in total. The van der Waals surface area contributed by atoms with Crippen molar-refractivity contribution >= 4 is 16.8 Å². The molecule has 1 aromatic carbocycles. The van der Waals surface area contributed by atoms with Crippen LogP contribution in [0, 0.1) is 6.20 Å². The third-order valence-corrected chi connectivity index (χ3v) is 2.32. The summed E-state index contributed by atoms with van der Waals surface area (Å²) in [6.07, 6.45) is 8.16. The van der Waals surface area contributed by atoms with E-state index in [1.54, 1.807) is 12.3 Å². The highest BCUT2D eigenvalue weighted by molar-refractivity contribution is 6.00. The van der Waals surface area contributed by atoms with Crippen LogP contribution in [-0.4, -0.2) is 5.84 Å². The van der Waals surface area contributed by atoms with E-state index < -0.39 is 0 Å². The third-order valence-electron chi connectivity index (χ3n) is 2.32. The van der Waals surface area contributed by atoms with Crippen LogP contribution < -0.4 is 5.32 Å². The summed E-state index contributed by atoms with van der Waals surface area (Å²) in [7, 11) is 0. The lowest BCUT2D eigenvalue weighted by Crippen LogP contribution is -2.17. The fraction of sp³-hybridized carbons (Fsp3) is 0. The largest absolute Gasteiger partial charge is 0.453 e. The van der Waals surface area contributed by atoms with Crippen molar-refractivity contribution in [2.24, 2.45) is 4.99 Å². The van der Waals surface area contributed by atoms with Gasteiger partial charge in [-0.05, 0) is 24.3 Å². The Bertz CT molecular complexity index is 572. The van der Waals surface area contributed by atoms with E-state index >= 15 is 0 Å². The Morgan fingerprint density at radius 2 is 2.19 bits per heavy atom. The second-order valence-corrected chi connectivity index (χ2v) is 3.40. The van der Waals surface area contributed by atoms with Crippen molar-refractivity contribution < 1.29 is 4.42 Å². The standard InChI is InChI=1S/C13H9N2O/c1-2-6-11-10(5-1)9-12(16-11)13-14-7-3-4-8-15-13/h1-7,9H,(H,14,15). The van der Waals surface area contributed by atoms with Gasteiger partial charge in [0.2, 0.25) is 0 Å². The summed E-state index contributed by atoms with van der Waals surface area (Å²) >= 11 is 0. The molecular formula is C13H9N2O. The zero-order chi connectivity index (χ0) is 10.8. The molecule has 1 aromatic heterocycles. The predicted molar refractivity (Wildman–Crippen MR) is 62.8 cm³/mol. The van der Waals surface area contributed by atoms with Crippen LogP contribution in [0.25, 0.3) is 11.0 Å². The fourth-order valence-corrected chi connectivity index (χ4v) is 1.57. The van der Waals surface area contributed by atoms with Crippen LogP contribution in [0.1, 0.15) is 5.76 Å². The molecular weight excluding hydrogens is 200 g/mol. The number of rotatable bonds is 1. The number of allylic oxidation sites excluding steroid dienone is 2. The minimum Gasteiger partial charge on any atom is -0.453 e. The van der Waals surface area contributed by atoms with Gasteiger partial charge in [0.15, 0.2) is 11.6 Å². The number of benzene rings is 1. The monoisotopic (exact) mass is 209 g/mol. The summed E-state index contributed by atoms with van der Waals surface area (Å²) in [5.41, 5.74) is 0.860. The van der Waals surface area contributed by atoms with Gasteiger partial charge in [-0.15, -0.1) is 0 Å². The van der Waals surface area contributed by atoms with Crippen LogP contribution in [0.15, 0.2) is 58.1 Å². The molecule has 0 spiro atoms. The van der Waals surface area contributed by atoms with E-state index in [-0.39, 0.29) is 0 Å². The van der Waals surface area contributed by atoms with Gasteiger partial charge in [-0.2, -0.15) is 0 Å². The summed E-state index contributed by atoms with van der Waals surface area (Å²) in [4.78, 5) is 4.23. The van der Waals surface area contributed by atoms with Crippen molar-refractivity contribution in [3.63, 3.8) is 0 Å². The molecule has 2 heterocycles. The molecule has 0 saturated heterocycles. The van der Waals surface area contributed by atoms with E-state index in [0.717, 1.165) is 11.0 Å². The zero-order valence-corrected chi connectivity index (χ0v) is 8.47. The molecule has 0 fully saturated rings. The van der Waals surface area contributed by atoms with E-state index in [4.69, 9.17) is 4.42 Å². The molecule has 0 unspecified atom stereocenters. The number of fused-ring (bicyclic) bond motifs is 1. The summed E-state index contributed by atoms with van der Waals surface area (Å²) < 4.78 is 5.68. The Kier molecular flexibility index (Phi) is 2.07. The van der Waals surface area contributed by atoms with Crippen molar-refractivity contribution in [1.82, 2.24) is 5.32 Å². The second kappa shape index (κ2) is 3.70. The van der Waals surface area contributed by atoms with Gasteiger partial charge in [0.1, 0.15) is 5.58 Å². The smallest absolute Gasteiger partial charge is 0.173 e. The number of furan rings is 1. The maximum Gasteiger partial charge on any atom is 0.173 e. The molecule has 1 aliphatic rings. The highest BCUT2D eigenvalue weighted by Gasteiger charge is 2.08. The van der Waals surface area contributed by atoms with Gasteiger partial charge < -0.3 is 9.73 Å². The molecule has 77 valence electrons. The molecule has 1 radical (unpaired) electrons. The maximum absolute atomic E-state index is 5.68. The van der Waals surface area contributed by atoms with Crippen LogP contribution in [0.4, 0.5) is 0 Å². The first-order valence-corrected chi connectivity index (χ1v) is 5.00. The molecule has 3 nitrogen and oxygen atoms in total. The first-order chi connectivity index (χ1) is 7.93. The number of amidine groups is 1. The first kappa shape index (κ1) is 8.97. The van der Waals surface area contributed by atoms with Crippen LogP contribution in [0.3, 0.4) is 0 Å². The van der Waals surface area contributed by atoms with Crippen LogP contribution >= 0.6 is 0 Å². The number of nitrogens with one attached hydrogen (secondary N) is 1. The lowest BCUT2D eigenvalue weighted by atomic mass is 10.2. The molecule has 0 bridgehead atoms. The lowest BCUT2D eigenvalue weighted by molar-refractivity contribution is 0.601. The SMILES string of the molecule is [C]1=CC=CN=C(c2cc3ccccc3o2)N1. The maximum atomic E-state index is 5.68. The Hall–Kier alpha value is -2.29. The Labute approximate surface area is 92.8 Å². The highest BCUT2D eigenvalue weighted by Crippen LogP contribution is 2.19. The van der Waals surface area contributed by atoms with Gasteiger partial charge in [0.25, 0.3) is 0 Å². The van der Waals surface area contributed by atoms with Crippen LogP contribution in [0.5, 0.6) is 0 Å². The van der Waals surface area contributed by atoms with E-state index in [1.165, 1.54) is 0 Å². The van der Waals surface area contributed by atoms with Crippen molar-refractivity contribution in [3.05, 3.63) is 60.6 Å². The number of hydrogen-bond donors (Lipinski definition) is 1. The molecule has 0 aliphatic carbocycles. The van der Waals surface area contributed by atoms with Crippen molar-refractivity contribution in [1.29, 1.82) is 0 Å². The lowest BCUT2D eigenvalue weighted by Gasteiger charge is -1.98. The van der Waals surface area contributed by atoms with Crippen molar-refractivity contribution in [3.8, 4) is 0 Å². The average Bonchev–Trinajstić information content (AvgIpc) is 2.56. The predicted octanol–water partition coefficient (Wildman–Crippen LogP) is 2.61. The summed E-state index contributed by atoms with van der Waals surface area (Å²) in [5.74, 6) is 1.38.